The molecule has 0 saturated heterocycles. The first-order valence-corrected chi connectivity index (χ1v) is 6.74. The molecule has 0 heterocycles. The number of benzene rings is 1. The van der Waals surface area contributed by atoms with Gasteiger partial charge in [-0.05, 0) is 18.1 Å². The van der Waals surface area contributed by atoms with Gasteiger partial charge < -0.3 is 15.7 Å². The summed E-state index contributed by atoms with van der Waals surface area (Å²) in [5.74, 6) is -2.42. The summed E-state index contributed by atoms with van der Waals surface area (Å²) in [4.78, 5) is 34.3. The predicted molar refractivity (Wildman–Crippen MR) is 77.7 cm³/mol. The minimum atomic E-state index is -0.946. The van der Waals surface area contributed by atoms with E-state index in [4.69, 9.17) is 5.11 Å². The summed E-state index contributed by atoms with van der Waals surface area (Å²) in [6, 6.07) is 8.55. The molecule has 21 heavy (non-hydrogen) atoms. The molecule has 114 valence electrons. The van der Waals surface area contributed by atoms with Crippen LogP contribution in [0, 0.1) is 11.8 Å². The van der Waals surface area contributed by atoms with E-state index >= 15 is 0 Å². The van der Waals surface area contributed by atoms with Gasteiger partial charge in [-0.15, -0.1) is 0 Å². The summed E-state index contributed by atoms with van der Waals surface area (Å²) in [6.45, 7) is 3.43. The molecule has 0 saturated carbocycles. The molecular formula is C15H20N2O4. The van der Waals surface area contributed by atoms with Crippen LogP contribution in [0.15, 0.2) is 30.3 Å². The van der Waals surface area contributed by atoms with Gasteiger partial charge in [0.15, 0.2) is 0 Å². The Hall–Kier alpha value is -2.37. The van der Waals surface area contributed by atoms with Gasteiger partial charge in [-0.1, -0.05) is 32.0 Å². The Labute approximate surface area is 123 Å². The van der Waals surface area contributed by atoms with Crippen molar-refractivity contribution in [3.05, 3.63) is 35.9 Å². The highest BCUT2D eigenvalue weighted by molar-refractivity contribution is 5.96. The van der Waals surface area contributed by atoms with Crippen molar-refractivity contribution in [2.75, 3.05) is 13.1 Å². The normalized spacial score (nSPS) is 11.8. The highest BCUT2D eigenvalue weighted by atomic mass is 16.4. The zero-order valence-electron chi connectivity index (χ0n) is 12.1. The first-order valence-electron chi connectivity index (χ1n) is 6.74. The Morgan fingerprint density at radius 3 is 2.24 bits per heavy atom. The lowest BCUT2D eigenvalue weighted by molar-refractivity contribution is -0.143. The standard InChI is InChI=1S/C15H20N2O4/c1-10(2)12(15(20)21)8-16-13(18)9-17-14(19)11-6-4-3-5-7-11/h3-7,10,12H,8-9H2,1-2H3,(H,16,18)(H,17,19)(H,20,21). The summed E-state index contributed by atoms with van der Waals surface area (Å²) in [5.41, 5.74) is 0.468. The average Bonchev–Trinajstić information content (AvgIpc) is 2.45. The van der Waals surface area contributed by atoms with Crippen LogP contribution in [-0.4, -0.2) is 36.0 Å². The first kappa shape index (κ1) is 16.7. The summed E-state index contributed by atoms with van der Waals surface area (Å²) in [6.07, 6.45) is 0. The number of hydrogen-bond acceptors (Lipinski definition) is 3. The van der Waals surface area contributed by atoms with E-state index < -0.39 is 17.8 Å². The molecule has 3 N–H and O–H groups in total. The Morgan fingerprint density at radius 1 is 1.10 bits per heavy atom. The lowest BCUT2D eigenvalue weighted by Gasteiger charge is -2.16. The number of carbonyl (C=O) groups is 3. The van der Waals surface area contributed by atoms with Crippen molar-refractivity contribution in [2.24, 2.45) is 11.8 Å². The van der Waals surface area contributed by atoms with Crippen LogP contribution in [0.4, 0.5) is 0 Å². The van der Waals surface area contributed by atoms with E-state index in [-0.39, 0.29) is 24.9 Å². The number of hydrogen-bond donors (Lipinski definition) is 3. The quantitative estimate of drug-likeness (QED) is 0.695. The second kappa shape index (κ2) is 8.04. The van der Waals surface area contributed by atoms with Gasteiger partial charge in [-0.2, -0.15) is 0 Å². The first-order chi connectivity index (χ1) is 9.91. The van der Waals surface area contributed by atoms with Gasteiger partial charge in [0.05, 0.1) is 12.5 Å². The highest BCUT2D eigenvalue weighted by Crippen LogP contribution is 2.09. The second-order valence-corrected chi connectivity index (χ2v) is 5.04. The fraction of sp³-hybridized carbons (Fsp3) is 0.400. The number of amides is 2. The third kappa shape index (κ3) is 5.64. The SMILES string of the molecule is CC(C)C(CNC(=O)CNC(=O)c1ccccc1)C(=O)O. The van der Waals surface area contributed by atoms with Crippen molar-refractivity contribution in [3.63, 3.8) is 0 Å². The topological polar surface area (TPSA) is 95.5 Å². The van der Waals surface area contributed by atoms with Crippen LogP contribution in [0.3, 0.4) is 0 Å². The number of rotatable bonds is 7. The number of carboxylic acids is 1. The lowest BCUT2D eigenvalue weighted by atomic mass is 9.96. The molecular weight excluding hydrogens is 272 g/mol. The van der Waals surface area contributed by atoms with E-state index in [0.29, 0.717) is 5.56 Å². The molecule has 0 fully saturated rings. The van der Waals surface area contributed by atoms with Crippen LogP contribution < -0.4 is 10.6 Å². The number of aliphatic carboxylic acids is 1. The third-order valence-corrected chi connectivity index (χ3v) is 3.09. The largest absolute Gasteiger partial charge is 0.481 e. The smallest absolute Gasteiger partial charge is 0.308 e. The van der Waals surface area contributed by atoms with E-state index in [9.17, 15) is 14.4 Å². The summed E-state index contributed by atoms with van der Waals surface area (Å²) < 4.78 is 0. The van der Waals surface area contributed by atoms with Crippen LogP contribution in [0.5, 0.6) is 0 Å². The van der Waals surface area contributed by atoms with E-state index in [0.717, 1.165) is 0 Å². The molecule has 1 aromatic carbocycles. The zero-order chi connectivity index (χ0) is 15.8. The van der Waals surface area contributed by atoms with Crippen molar-refractivity contribution in [2.45, 2.75) is 13.8 Å². The maximum atomic E-state index is 11.7. The van der Waals surface area contributed by atoms with Gasteiger partial charge in [-0.3, -0.25) is 14.4 Å². The second-order valence-electron chi connectivity index (χ2n) is 5.04. The maximum Gasteiger partial charge on any atom is 0.308 e. The fourth-order valence-corrected chi connectivity index (χ4v) is 1.75. The molecule has 6 nitrogen and oxygen atoms in total. The summed E-state index contributed by atoms with van der Waals surface area (Å²) in [5, 5.41) is 14.0. The van der Waals surface area contributed by atoms with E-state index in [1.165, 1.54) is 0 Å². The molecule has 0 aromatic heterocycles. The van der Waals surface area contributed by atoms with Crippen molar-refractivity contribution in [1.82, 2.24) is 10.6 Å². The van der Waals surface area contributed by atoms with Crippen LogP contribution in [0.2, 0.25) is 0 Å². The van der Waals surface area contributed by atoms with E-state index in [2.05, 4.69) is 10.6 Å². The molecule has 0 aliphatic heterocycles. The van der Waals surface area contributed by atoms with Gasteiger partial charge >= 0.3 is 5.97 Å². The molecule has 0 bridgehead atoms. The minimum absolute atomic E-state index is 0.0487. The van der Waals surface area contributed by atoms with Gasteiger partial charge in [0.1, 0.15) is 0 Å². The van der Waals surface area contributed by atoms with Crippen LogP contribution in [-0.2, 0) is 9.59 Å². The molecule has 1 aromatic rings. The maximum absolute atomic E-state index is 11.7. The van der Waals surface area contributed by atoms with Crippen LogP contribution >= 0.6 is 0 Å². The monoisotopic (exact) mass is 292 g/mol. The zero-order valence-corrected chi connectivity index (χ0v) is 12.1. The Morgan fingerprint density at radius 2 is 1.71 bits per heavy atom. The van der Waals surface area contributed by atoms with Crippen LogP contribution in [0.1, 0.15) is 24.2 Å². The molecule has 1 unspecified atom stereocenters. The predicted octanol–water partition coefficient (Wildman–Crippen LogP) is 0.889. The molecule has 0 aliphatic rings. The molecule has 1 rings (SSSR count). The van der Waals surface area contributed by atoms with Crippen molar-refractivity contribution in [1.29, 1.82) is 0 Å². The Balaban J connectivity index is 2.38. The Kier molecular flexibility index (Phi) is 6.39. The Bertz CT molecular complexity index is 500. The number of nitrogens with one attached hydrogen (secondary N) is 2. The van der Waals surface area contributed by atoms with E-state index in [1.54, 1.807) is 44.2 Å². The molecule has 6 heteroatoms. The number of carbonyl (C=O) groups excluding carboxylic acids is 2. The van der Waals surface area contributed by atoms with Crippen molar-refractivity contribution >= 4 is 17.8 Å². The molecule has 1 atom stereocenters. The summed E-state index contributed by atoms with van der Waals surface area (Å²) >= 11 is 0. The molecule has 0 aliphatic carbocycles. The van der Waals surface area contributed by atoms with Gasteiger partial charge in [-0.25, -0.2) is 0 Å². The summed E-state index contributed by atoms with van der Waals surface area (Å²) in [7, 11) is 0. The lowest BCUT2D eigenvalue weighted by Crippen LogP contribution is -2.41. The van der Waals surface area contributed by atoms with Gasteiger partial charge in [0, 0.05) is 12.1 Å². The highest BCUT2D eigenvalue weighted by Gasteiger charge is 2.21. The third-order valence-electron chi connectivity index (χ3n) is 3.09. The number of carboxylic acid groups (broad SMARTS) is 1. The van der Waals surface area contributed by atoms with Gasteiger partial charge in [0.25, 0.3) is 5.91 Å². The minimum Gasteiger partial charge on any atom is -0.481 e. The molecule has 2 amide bonds. The van der Waals surface area contributed by atoms with E-state index in [1.807, 2.05) is 0 Å². The average molecular weight is 292 g/mol. The molecule has 0 spiro atoms. The van der Waals surface area contributed by atoms with Crippen molar-refractivity contribution < 1.29 is 19.5 Å². The molecule has 0 radical (unpaired) electrons. The van der Waals surface area contributed by atoms with Crippen molar-refractivity contribution in [3.8, 4) is 0 Å². The fourth-order valence-electron chi connectivity index (χ4n) is 1.75. The van der Waals surface area contributed by atoms with Crippen LogP contribution in [0.25, 0.3) is 0 Å². The van der Waals surface area contributed by atoms with Gasteiger partial charge in [0.2, 0.25) is 5.91 Å².